The van der Waals surface area contributed by atoms with E-state index < -0.39 is 43.3 Å². The van der Waals surface area contributed by atoms with Gasteiger partial charge in [-0.05, 0) is 6.42 Å². The van der Waals surface area contributed by atoms with E-state index in [1.54, 1.807) is 0 Å². The largest absolute Gasteiger partial charge is 0.475 e. The third-order valence-electron chi connectivity index (χ3n) is 3.53. The smallest absolute Gasteiger partial charge is 0.349 e. The van der Waals surface area contributed by atoms with E-state index >= 15 is 0 Å². The number of aromatic nitrogens is 2. The first-order valence-electron chi connectivity index (χ1n) is 7.16. The van der Waals surface area contributed by atoms with Crippen molar-refractivity contribution in [1.82, 2.24) is 9.55 Å². The summed E-state index contributed by atoms with van der Waals surface area (Å²) in [7, 11) is -3.65. The maximum Gasteiger partial charge on any atom is 0.475 e. The molecule has 4 atom stereocenters. The van der Waals surface area contributed by atoms with Crippen molar-refractivity contribution in [2.45, 2.75) is 38.2 Å². The minimum atomic E-state index is -3.65. The maximum atomic E-state index is 13.4. The number of halogens is 1. The van der Waals surface area contributed by atoms with Crippen LogP contribution in [0.1, 0.15) is 26.0 Å². The fraction of sp³-hybridized carbons (Fsp3) is 0.667. The van der Waals surface area contributed by atoms with Gasteiger partial charge in [-0.25, -0.2) is 9.36 Å². The van der Waals surface area contributed by atoms with Gasteiger partial charge in [0.15, 0.2) is 0 Å². The summed E-state index contributed by atoms with van der Waals surface area (Å²) in [5.41, 5.74) is -1.90. The van der Waals surface area contributed by atoms with Crippen molar-refractivity contribution in [2.75, 3.05) is 13.2 Å². The molecule has 0 aliphatic carbocycles. The van der Waals surface area contributed by atoms with E-state index in [4.69, 9.17) is 18.3 Å². The number of hydrogen-bond donors (Lipinski definition) is 1. The molecule has 3 heterocycles. The maximum absolute atomic E-state index is 13.4. The zero-order valence-corrected chi connectivity index (χ0v) is 13.2. The third-order valence-corrected chi connectivity index (χ3v) is 5.02. The highest BCUT2D eigenvalue weighted by molar-refractivity contribution is 7.48. The Kier molecular flexibility index (Phi) is 4.52. The molecule has 1 aromatic heterocycles. The number of H-pyrrole nitrogens is 1. The Morgan fingerprint density at radius 2 is 2.26 bits per heavy atom. The van der Waals surface area contributed by atoms with Crippen LogP contribution < -0.4 is 11.2 Å². The molecule has 2 fully saturated rings. The van der Waals surface area contributed by atoms with Crippen LogP contribution in [0.4, 0.5) is 4.39 Å². The van der Waals surface area contributed by atoms with Gasteiger partial charge < -0.3 is 4.74 Å². The molecule has 0 amide bonds. The summed E-state index contributed by atoms with van der Waals surface area (Å²) in [6.07, 6.45) is -0.454. The predicted molar refractivity (Wildman–Crippen MR) is 74.5 cm³/mol. The molecular formula is C12H16FN2O7P. The van der Waals surface area contributed by atoms with Crippen LogP contribution in [0.5, 0.6) is 0 Å². The van der Waals surface area contributed by atoms with Gasteiger partial charge in [0.2, 0.25) is 5.82 Å². The van der Waals surface area contributed by atoms with Gasteiger partial charge in [-0.1, -0.05) is 6.92 Å². The highest BCUT2D eigenvalue weighted by Gasteiger charge is 2.47. The van der Waals surface area contributed by atoms with E-state index in [2.05, 4.69) is 0 Å². The molecule has 3 rings (SSSR count). The molecule has 2 aliphatic heterocycles. The molecule has 2 aliphatic rings. The zero-order valence-electron chi connectivity index (χ0n) is 12.3. The van der Waals surface area contributed by atoms with E-state index in [9.17, 15) is 18.5 Å². The van der Waals surface area contributed by atoms with Crippen molar-refractivity contribution in [3.63, 3.8) is 0 Å². The van der Waals surface area contributed by atoms with Crippen LogP contribution in [0.3, 0.4) is 0 Å². The standard InChI is InChI=1S/C12H16FN2O7P/c1-2-3-19-23(18)20-6-9-8(22-23)4-10(21-9)15-5-7(13)11(16)14-12(15)17/h5,8-10H,2-4,6H2,1H3,(H,14,16,17)/t8-,9+,10+,23?/m0/s1. The first-order chi connectivity index (χ1) is 10.9. The summed E-state index contributed by atoms with van der Waals surface area (Å²) in [5, 5.41) is 0. The monoisotopic (exact) mass is 350 g/mol. The van der Waals surface area contributed by atoms with E-state index in [1.807, 2.05) is 11.9 Å². The average molecular weight is 350 g/mol. The number of ether oxygens (including phenoxy) is 1. The molecule has 0 spiro atoms. The summed E-state index contributed by atoms with van der Waals surface area (Å²) in [6.45, 7) is 2.05. The van der Waals surface area contributed by atoms with Crippen molar-refractivity contribution in [3.8, 4) is 0 Å². The molecule has 0 saturated carbocycles. The number of fused-ring (bicyclic) bond motifs is 1. The van der Waals surface area contributed by atoms with Crippen LogP contribution in [-0.2, 0) is 22.9 Å². The summed E-state index contributed by atoms with van der Waals surface area (Å²) in [6, 6.07) is 0. The average Bonchev–Trinajstić information content (AvgIpc) is 2.91. The fourth-order valence-electron chi connectivity index (χ4n) is 2.44. The van der Waals surface area contributed by atoms with Crippen molar-refractivity contribution in [2.24, 2.45) is 0 Å². The molecule has 1 aromatic rings. The van der Waals surface area contributed by atoms with E-state index in [-0.39, 0.29) is 19.6 Å². The lowest BCUT2D eigenvalue weighted by Gasteiger charge is -2.29. The van der Waals surface area contributed by atoms with Gasteiger partial charge in [0.25, 0.3) is 5.56 Å². The van der Waals surface area contributed by atoms with Gasteiger partial charge in [0, 0.05) is 6.42 Å². The minimum Gasteiger partial charge on any atom is -0.349 e. The lowest BCUT2D eigenvalue weighted by atomic mass is 10.2. The Bertz CT molecular complexity index is 748. The lowest BCUT2D eigenvalue weighted by Crippen LogP contribution is -2.34. The van der Waals surface area contributed by atoms with E-state index in [0.717, 1.165) is 10.8 Å². The van der Waals surface area contributed by atoms with Crippen molar-refractivity contribution in [3.05, 3.63) is 32.9 Å². The van der Waals surface area contributed by atoms with Crippen LogP contribution in [0.15, 0.2) is 15.8 Å². The highest BCUT2D eigenvalue weighted by atomic mass is 31.2. The van der Waals surface area contributed by atoms with Gasteiger partial charge in [-0.2, -0.15) is 4.39 Å². The molecule has 128 valence electrons. The van der Waals surface area contributed by atoms with Gasteiger partial charge in [-0.3, -0.25) is 27.9 Å². The molecule has 1 unspecified atom stereocenters. The molecule has 11 heteroatoms. The molecule has 2 saturated heterocycles. The van der Waals surface area contributed by atoms with Gasteiger partial charge in [-0.15, -0.1) is 0 Å². The normalized spacial score (nSPS) is 33.6. The molecule has 23 heavy (non-hydrogen) atoms. The molecule has 1 N–H and O–H groups in total. The number of aromatic amines is 1. The number of phosphoric ester groups is 1. The van der Waals surface area contributed by atoms with Gasteiger partial charge in [0.1, 0.15) is 18.4 Å². The predicted octanol–water partition coefficient (Wildman–Crippen LogP) is 0.913. The Hall–Kier alpha value is -1.32. The number of nitrogens with zero attached hydrogens (tertiary/aromatic N) is 1. The van der Waals surface area contributed by atoms with Gasteiger partial charge in [0.05, 0.1) is 19.4 Å². The fourth-order valence-corrected chi connectivity index (χ4v) is 3.92. The van der Waals surface area contributed by atoms with Crippen LogP contribution in [0.2, 0.25) is 0 Å². The summed E-state index contributed by atoms with van der Waals surface area (Å²) < 4.78 is 47.7. The van der Waals surface area contributed by atoms with Crippen LogP contribution >= 0.6 is 7.82 Å². The second-order valence-corrected chi connectivity index (χ2v) is 6.85. The van der Waals surface area contributed by atoms with E-state index in [1.165, 1.54) is 0 Å². The third kappa shape index (κ3) is 3.31. The summed E-state index contributed by atoms with van der Waals surface area (Å²) >= 11 is 0. The van der Waals surface area contributed by atoms with Gasteiger partial charge >= 0.3 is 13.5 Å². The highest BCUT2D eigenvalue weighted by Crippen LogP contribution is 2.56. The molecule has 9 nitrogen and oxygen atoms in total. The van der Waals surface area contributed by atoms with Crippen LogP contribution in [-0.4, -0.2) is 35.0 Å². The Morgan fingerprint density at radius 3 is 3.00 bits per heavy atom. The molecule has 0 aromatic carbocycles. The Balaban J connectivity index is 1.76. The second kappa shape index (κ2) is 6.29. The number of nitrogens with one attached hydrogen (secondary N) is 1. The topological polar surface area (TPSA) is 109 Å². The first kappa shape index (κ1) is 16.5. The number of hydrogen-bond acceptors (Lipinski definition) is 7. The SMILES string of the molecule is CCCOP1(=O)OC[C@H]2O[C@@H](n3cc(F)c(=O)[nH]c3=O)C[C@@H]2O1. The van der Waals surface area contributed by atoms with Crippen molar-refractivity contribution in [1.29, 1.82) is 0 Å². The zero-order chi connectivity index (χ0) is 16.6. The van der Waals surface area contributed by atoms with Crippen LogP contribution in [0, 0.1) is 5.82 Å². The molecule has 0 bridgehead atoms. The van der Waals surface area contributed by atoms with Crippen LogP contribution in [0.25, 0.3) is 0 Å². The minimum absolute atomic E-state index is 0.0251. The second-order valence-electron chi connectivity index (χ2n) is 5.23. The lowest BCUT2D eigenvalue weighted by molar-refractivity contribution is -0.0723. The van der Waals surface area contributed by atoms with Crippen molar-refractivity contribution >= 4 is 7.82 Å². The molecular weight excluding hydrogens is 334 g/mol. The van der Waals surface area contributed by atoms with Crippen molar-refractivity contribution < 1.29 is 27.3 Å². The quantitative estimate of drug-likeness (QED) is 0.804. The number of phosphoric acid groups is 1. The Labute approximate surface area is 129 Å². The molecule has 0 radical (unpaired) electrons. The summed E-state index contributed by atoms with van der Waals surface area (Å²) in [4.78, 5) is 24.7. The Morgan fingerprint density at radius 1 is 1.48 bits per heavy atom. The van der Waals surface area contributed by atoms with E-state index in [0.29, 0.717) is 6.42 Å². The first-order valence-corrected chi connectivity index (χ1v) is 8.62. The number of rotatable bonds is 4. The summed E-state index contributed by atoms with van der Waals surface area (Å²) in [5.74, 6) is -1.10.